The number of carbonyl (C=O) groups is 1. The molecule has 0 saturated carbocycles. The molecule has 6 heteroatoms. The minimum absolute atomic E-state index is 0.0748. The number of hydrogen-bond donors (Lipinski definition) is 1. The second kappa shape index (κ2) is 5.92. The molecule has 1 aromatic heterocycles. The van der Waals surface area contributed by atoms with E-state index in [4.69, 9.17) is 4.74 Å². The number of H-pyrrole nitrogens is 1. The van der Waals surface area contributed by atoms with Gasteiger partial charge in [0.2, 0.25) is 5.78 Å². The van der Waals surface area contributed by atoms with E-state index < -0.39 is 11.0 Å². The Morgan fingerprint density at radius 2 is 2.00 bits per heavy atom. The minimum atomic E-state index is -0.754. The molecule has 0 unspecified atom stereocenters. The van der Waals surface area contributed by atoms with Gasteiger partial charge in [-0.25, -0.2) is 0 Å². The molecule has 3 rings (SSSR count). The number of ether oxygens (including phenoxy) is 1. The van der Waals surface area contributed by atoms with Crippen LogP contribution in [-0.4, -0.2) is 21.8 Å². The van der Waals surface area contributed by atoms with Crippen molar-refractivity contribution in [3.63, 3.8) is 0 Å². The standard InChI is InChI=1S/C17H14N2O4/c1-11(23-13-6-4-5-12(9-13)19(21)22)17(20)15-10-18-16-8-3-2-7-14(15)16/h2-11,18H,1H3/t11-/m1/s1. The topological polar surface area (TPSA) is 85.2 Å². The summed E-state index contributed by atoms with van der Waals surface area (Å²) in [6.07, 6.45) is 0.900. The fourth-order valence-electron chi connectivity index (χ4n) is 2.42. The highest BCUT2D eigenvalue weighted by atomic mass is 16.6. The van der Waals surface area contributed by atoms with Gasteiger partial charge in [0.1, 0.15) is 5.75 Å². The molecule has 1 N–H and O–H groups in total. The number of benzene rings is 2. The number of nitro benzene ring substituents is 1. The lowest BCUT2D eigenvalue weighted by molar-refractivity contribution is -0.384. The molecule has 1 heterocycles. The molecule has 1 atom stereocenters. The number of Topliss-reactive ketones (excluding diaryl/α,β-unsaturated/α-hetero) is 1. The van der Waals surface area contributed by atoms with Crippen molar-refractivity contribution < 1.29 is 14.5 Å². The number of nitrogens with one attached hydrogen (secondary N) is 1. The fraction of sp³-hybridized carbons (Fsp3) is 0.118. The molecule has 0 radical (unpaired) electrons. The average Bonchev–Trinajstić information content (AvgIpc) is 2.98. The highest BCUT2D eigenvalue weighted by Crippen LogP contribution is 2.23. The summed E-state index contributed by atoms with van der Waals surface area (Å²) in [5.74, 6) is 0.105. The summed E-state index contributed by atoms with van der Waals surface area (Å²) in [4.78, 5) is 25.9. The molecule has 2 aromatic carbocycles. The molecule has 3 aromatic rings. The number of fused-ring (bicyclic) bond motifs is 1. The Morgan fingerprint density at radius 3 is 2.78 bits per heavy atom. The van der Waals surface area contributed by atoms with E-state index in [1.807, 2.05) is 24.3 Å². The lowest BCUT2D eigenvalue weighted by Gasteiger charge is -2.13. The lowest BCUT2D eigenvalue weighted by Crippen LogP contribution is -2.23. The van der Waals surface area contributed by atoms with Crippen LogP contribution >= 0.6 is 0 Å². The summed E-state index contributed by atoms with van der Waals surface area (Å²) in [5, 5.41) is 11.6. The van der Waals surface area contributed by atoms with Gasteiger partial charge in [-0.1, -0.05) is 24.3 Å². The van der Waals surface area contributed by atoms with Gasteiger partial charge in [0.05, 0.1) is 11.0 Å². The van der Waals surface area contributed by atoms with Gasteiger partial charge < -0.3 is 9.72 Å². The van der Waals surface area contributed by atoms with Crippen molar-refractivity contribution in [1.29, 1.82) is 0 Å². The van der Waals surface area contributed by atoms with Crippen LogP contribution in [0.3, 0.4) is 0 Å². The van der Waals surface area contributed by atoms with Gasteiger partial charge in [0.15, 0.2) is 6.10 Å². The van der Waals surface area contributed by atoms with Crippen LogP contribution in [0.1, 0.15) is 17.3 Å². The molecule has 23 heavy (non-hydrogen) atoms. The number of aromatic amines is 1. The summed E-state index contributed by atoms with van der Waals surface area (Å²) in [5.41, 5.74) is 1.34. The highest BCUT2D eigenvalue weighted by Gasteiger charge is 2.20. The first-order chi connectivity index (χ1) is 11.1. The maximum atomic E-state index is 12.6. The Kier molecular flexibility index (Phi) is 3.80. The number of rotatable bonds is 5. The Morgan fingerprint density at radius 1 is 1.22 bits per heavy atom. The molecule has 0 aliphatic heterocycles. The van der Waals surface area contributed by atoms with Crippen molar-refractivity contribution in [2.45, 2.75) is 13.0 Å². The van der Waals surface area contributed by atoms with Gasteiger partial charge in [-0.3, -0.25) is 14.9 Å². The Labute approximate surface area is 131 Å². The number of non-ortho nitro benzene ring substituents is 1. The van der Waals surface area contributed by atoms with E-state index >= 15 is 0 Å². The lowest BCUT2D eigenvalue weighted by atomic mass is 10.1. The number of nitrogens with zero attached hydrogens (tertiary/aromatic N) is 1. The maximum absolute atomic E-state index is 12.6. The highest BCUT2D eigenvalue weighted by molar-refractivity contribution is 6.09. The van der Waals surface area contributed by atoms with E-state index in [9.17, 15) is 14.9 Å². The van der Waals surface area contributed by atoms with Gasteiger partial charge in [-0.15, -0.1) is 0 Å². The predicted octanol–water partition coefficient (Wildman–Crippen LogP) is 3.73. The summed E-state index contributed by atoms with van der Waals surface area (Å²) >= 11 is 0. The van der Waals surface area contributed by atoms with Crippen molar-refractivity contribution >= 4 is 22.4 Å². The summed E-state index contributed by atoms with van der Waals surface area (Å²) in [7, 11) is 0. The third kappa shape index (κ3) is 2.91. The molecule has 0 aliphatic rings. The Balaban J connectivity index is 1.83. The first kappa shape index (κ1) is 14.8. The smallest absolute Gasteiger partial charge is 0.273 e. The van der Waals surface area contributed by atoms with E-state index in [0.717, 1.165) is 10.9 Å². The van der Waals surface area contributed by atoms with Gasteiger partial charge in [0.25, 0.3) is 5.69 Å². The number of aromatic nitrogens is 1. The number of ketones is 1. The Bertz CT molecular complexity index is 885. The van der Waals surface area contributed by atoms with Crippen molar-refractivity contribution in [2.75, 3.05) is 0 Å². The number of para-hydroxylation sites is 1. The van der Waals surface area contributed by atoms with Gasteiger partial charge >= 0.3 is 0 Å². The Hall–Kier alpha value is -3.15. The van der Waals surface area contributed by atoms with Crippen LogP contribution in [0.15, 0.2) is 54.7 Å². The van der Waals surface area contributed by atoms with E-state index in [2.05, 4.69) is 4.98 Å². The van der Waals surface area contributed by atoms with E-state index in [1.54, 1.807) is 19.2 Å². The monoisotopic (exact) mass is 310 g/mol. The zero-order chi connectivity index (χ0) is 16.4. The van der Waals surface area contributed by atoms with Crippen molar-refractivity contribution in [2.24, 2.45) is 0 Å². The number of nitro groups is 1. The number of carbonyl (C=O) groups excluding carboxylic acids is 1. The van der Waals surface area contributed by atoms with Crippen molar-refractivity contribution in [3.8, 4) is 5.75 Å². The van der Waals surface area contributed by atoms with Crippen LogP contribution in [0, 0.1) is 10.1 Å². The molecule has 0 spiro atoms. The fourth-order valence-corrected chi connectivity index (χ4v) is 2.42. The van der Waals surface area contributed by atoms with Crippen molar-refractivity contribution in [1.82, 2.24) is 4.98 Å². The molecule has 0 bridgehead atoms. The van der Waals surface area contributed by atoms with Crippen LogP contribution in [0.5, 0.6) is 5.75 Å². The second-order valence-corrected chi connectivity index (χ2v) is 5.13. The zero-order valence-corrected chi connectivity index (χ0v) is 12.4. The predicted molar refractivity (Wildman–Crippen MR) is 85.8 cm³/mol. The molecule has 6 nitrogen and oxygen atoms in total. The quantitative estimate of drug-likeness (QED) is 0.442. The van der Waals surface area contributed by atoms with Crippen LogP contribution in [-0.2, 0) is 0 Å². The normalized spacial score (nSPS) is 12.0. The first-order valence-corrected chi connectivity index (χ1v) is 7.07. The molecular weight excluding hydrogens is 296 g/mol. The van der Waals surface area contributed by atoms with Crippen molar-refractivity contribution in [3.05, 3.63) is 70.4 Å². The maximum Gasteiger partial charge on any atom is 0.273 e. The summed E-state index contributed by atoms with van der Waals surface area (Å²) in [6, 6.07) is 13.3. The summed E-state index contributed by atoms with van der Waals surface area (Å²) < 4.78 is 5.57. The van der Waals surface area contributed by atoms with Crippen LogP contribution in [0.2, 0.25) is 0 Å². The molecule has 0 aliphatic carbocycles. The molecule has 0 fully saturated rings. The van der Waals surface area contributed by atoms with Crippen LogP contribution in [0.25, 0.3) is 10.9 Å². The molecule has 0 amide bonds. The van der Waals surface area contributed by atoms with Gasteiger partial charge in [0, 0.05) is 28.7 Å². The van der Waals surface area contributed by atoms with E-state index in [0.29, 0.717) is 11.3 Å². The molecular formula is C17H14N2O4. The zero-order valence-electron chi connectivity index (χ0n) is 12.4. The SMILES string of the molecule is C[C@@H](Oc1cccc([N+](=O)[O-])c1)C(=O)c1c[nH]c2ccccc12. The van der Waals surface area contributed by atoms with E-state index in [-0.39, 0.29) is 11.5 Å². The van der Waals surface area contributed by atoms with Crippen LogP contribution < -0.4 is 4.74 Å². The van der Waals surface area contributed by atoms with Crippen LogP contribution in [0.4, 0.5) is 5.69 Å². The summed E-state index contributed by atoms with van der Waals surface area (Å²) in [6.45, 7) is 1.63. The second-order valence-electron chi connectivity index (χ2n) is 5.13. The average molecular weight is 310 g/mol. The first-order valence-electron chi connectivity index (χ1n) is 7.07. The largest absolute Gasteiger partial charge is 0.482 e. The molecule has 0 saturated heterocycles. The number of hydrogen-bond acceptors (Lipinski definition) is 4. The van der Waals surface area contributed by atoms with E-state index in [1.165, 1.54) is 18.2 Å². The third-order valence-corrected chi connectivity index (χ3v) is 3.57. The van der Waals surface area contributed by atoms with Gasteiger partial charge in [-0.2, -0.15) is 0 Å². The molecule has 116 valence electrons. The minimum Gasteiger partial charge on any atom is -0.482 e. The third-order valence-electron chi connectivity index (χ3n) is 3.57. The van der Waals surface area contributed by atoms with Gasteiger partial charge in [-0.05, 0) is 19.1 Å².